The minimum Gasteiger partial charge on any atom is -0.493 e. The van der Waals surface area contributed by atoms with Crippen molar-refractivity contribution in [3.05, 3.63) is 18.3 Å². The second-order valence-corrected chi connectivity index (χ2v) is 4.85. The molecule has 0 atom stereocenters. The molecule has 0 aliphatic carbocycles. The SMILES string of the molecule is COc1cccnc1N1CCCN(CCCN)CC1. The number of pyridine rings is 1. The molecule has 19 heavy (non-hydrogen) atoms. The number of methoxy groups -OCH3 is 1. The quantitative estimate of drug-likeness (QED) is 0.858. The summed E-state index contributed by atoms with van der Waals surface area (Å²) < 4.78 is 5.40. The lowest BCUT2D eigenvalue weighted by Gasteiger charge is -2.23. The number of hydrogen-bond acceptors (Lipinski definition) is 5. The number of hydrogen-bond donors (Lipinski definition) is 1. The molecule has 0 aromatic carbocycles. The molecule has 2 N–H and O–H groups in total. The third-order valence-corrected chi connectivity index (χ3v) is 3.54. The van der Waals surface area contributed by atoms with Crippen LogP contribution < -0.4 is 15.4 Å². The molecule has 0 bridgehead atoms. The Hall–Kier alpha value is -1.33. The van der Waals surface area contributed by atoms with Gasteiger partial charge in [-0.3, -0.25) is 0 Å². The summed E-state index contributed by atoms with van der Waals surface area (Å²) in [6.45, 7) is 6.12. The molecule has 1 aromatic rings. The summed E-state index contributed by atoms with van der Waals surface area (Å²) in [5.74, 6) is 1.82. The highest BCUT2D eigenvalue weighted by atomic mass is 16.5. The van der Waals surface area contributed by atoms with Crippen LogP contribution in [0.1, 0.15) is 12.8 Å². The summed E-state index contributed by atoms with van der Waals surface area (Å²) in [5.41, 5.74) is 5.58. The molecule has 106 valence electrons. The number of ether oxygens (including phenoxy) is 1. The zero-order chi connectivity index (χ0) is 13.5. The monoisotopic (exact) mass is 264 g/mol. The highest BCUT2D eigenvalue weighted by molar-refractivity contribution is 5.52. The van der Waals surface area contributed by atoms with E-state index in [1.807, 2.05) is 18.3 Å². The van der Waals surface area contributed by atoms with Gasteiger partial charge in [-0.15, -0.1) is 0 Å². The summed E-state index contributed by atoms with van der Waals surface area (Å²) >= 11 is 0. The molecule has 0 spiro atoms. The first-order valence-electron chi connectivity index (χ1n) is 7.01. The van der Waals surface area contributed by atoms with Gasteiger partial charge in [0.2, 0.25) is 0 Å². The molecule has 0 saturated carbocycles. The number of nitrogens with two attached hydrogens (primary N) is 1. The van der Waals surface area contributed by atoms with E-state index in [9.17, 15) is 0 Å². The number of aromatic nitrogens is 1. The van der Waals surface area contributed by atoms with Gasteiger partial charge in [0, 0.05) is 25.8 Å². The Labute approximate surface area is 115 Å². The van der Waals surface area contributed by atoms with Crippen LogP contribution in [0.2, 0.25) is 0 Å². The predicted octanol–water partition coefficient (Wildman–Crippen LogP) is 0.951. The largest absolute Gasteiger partial charge is 0.493 e. The van der Waals surface area contributed by atoms with Crippen LogP contribution in [0.25, 0.3) is 0 Å². The molecular weight excluding hydrogens is 240 g/mol. The van der Waals surface area contributed by atoms with Gasteiger partial charge >= 0.3 is 0 Å². The van der Waals surface area contributed by atoms with E-state index < -0.39 is 0 Å². The maximum atomic E-state index is 5.58. The van der Waals surface area contributed by atoms with Gasteiger partial charge in [-0.1, -0.05) is 0 Å². The highest BCUT2D eigenvalue weighted by Gasteiger charge is 2.18. The fourth-order valence-electron chi connectivity index (χ4n) is 2.50. The first-order chi connectivity index (χ1) is 9.35. The van der Waals surface area contributed by atoms with Crippen LogP contribution in [0.4, 0.5) is 5.82 Å². The first-order valence-corrected chi connectivity index (χ1v) is 7.01. The van der Waals surface area contributed by atoms with Crippen molar-refractivity contribution in [2.75, 3.05) is 51.3 Å². The average molecular weight is 264 g/mol. The molecule has 0 amide bonds. The van der Waals surface area contributed by atoms with Crippen molar-refractivity contribution in [1.29, 1.82) is 0 Å². The van der Waals surface area contributed by atoms with Crippen LogP contribution in [0.15, 0.2) is 18.3 Å². The maximum absolute atomic E-state index is 5.58. The summed E-state index contributed by atoms with van der Waals surface area (Å²) in [6, 6.07) is 3.88. The lowest BCUT2D eigenvalue weighted by atomic mass is 10.3. The summed E-state index contributed by atoms with van der Waals surface area (Å²) in [6.07, 6.45) is 4.06. The van der Waals surface area contributed by atoms with E-state index in [0.29, 0.717) is 0 Å². The molecule has 0 radical (unpaired) electrons. The third kappa shape index (κ3) is 3.81. The van der Waals surface area contributed by atoms with Crippen molar-refractivity contribution in [3.63, 3.8) is 0 Å². The second kappa shape index (κ2) is 7.31. The van der Waals surface area contributed by atoms with Crippen LogP contribution in [0, 0.1) is 0 Å². The van der Waals surface area contributed by atoms with E-state index in [0.717, 1.165) is 63.7 Å². The second-order valence-electron chi connectivity index (χ2n) is 4.85. The van der Waals surface area contributed by atoms with Gasteiger partial charge in [-0.2, -0.15) is 0 Å². The molecule has 1 saturated heterocycles. The lowest BCUT2D eigenvalue weighted by molar-refractivity contribution is 0.291. The van der Waals surface area contributed by atoms with E-state index in [2.05, 4.69) is 14.8 Å². The van der Waals surface area contributed by atoms with Gasteiger partial charge < -0.3 is 20.3 Å². The molecule has 1 fully saturated rings. The average Bonchev–Trinajstić information content (AvgIpc) is 2.70. The number of anilines is 1. The first kappa shape index (κ1) is 14.1. The van der Waals surface area contributed by atoms with Crippen LogP contribution in [-0.2, 0) is 0 Å². The van der Waals surface area contributed by atoms with Crippen LogP contribution >= 0.6 is 0 Å². The topological polar surface area (TPSA) is 54.6 Å². The highest BCUT2D eigenvalue weighted by Crippen LogP contribution is 2.25. The zero-order valence-electron chi connectivity index (χ0n) is 11.7. The molecule has 2 rings (SSSR count). The minimum atomic E-state index is 0.772. The van der Waals surface area contributed by atoms with Gasteiger partial charge in [-0.25, -0.2) is 4.98 Å². The Morgan fingerprint density at radius 3 is 3.00 bits per heavy atom. The Kier molecular flexibility index (Phi) is 5.42. The summed E-state index contributed by atoms with van der Waals surface area (Å²) in [5, 5.41) is 0. The Morgan fingerprint density at radius 1 is 1.32 bits per heavy atom. The van der Waals surface area contributed by atoms with E-state index in [1.165, 1.54) is 0 Å². The minimum absolute atomic E-state index is 0.772. The molecule has 1 aliphatic heterocycles. The smallest absolute Gasteiger partial charge is 0.171 e. The van der Waals surface area contributed by atoms with E-state index in [-0.39, 0.29) is 0 Å². The molecule has 1 aliphatic rings. The Bertz CT molecular complexity index is 385. The molecule has 2 heterocycles. The molecule has 1 aromatic heterocycles. The van der Waals surface area contributed by atoms with Crippen LogP contribution in [0.3, 0.4) is 0 Å². The van der Waals surface area contributed by atoms with Gasteiger partial charge in [0.05, 0.1) is 7.11 Å². The fraction of sp³-hybridized carbons (Fsp3) is 0.643. The Morgan fingerprint density at radius 2 is 2.21 bits per heavy atom. The molecule has 5 heteroatoms. The molecular formula is C14H24N4O. The van der Waals surface area contributed by atoms with Gasteiger partial charge in [0.25, 0.3) is 0 Å². The predicted molar refractivity (Wildman–Crippen MR) is 77.7 cm³/mol. The van der Waals surface area contributed by atoms with E-state index in [4.69, 9.17) is 10.5 Å². The van der Waals surface area contributed by atoms with Crippen molar-refractivity contribution < 1.29 is 4.74 Å². The zero-order valence-corrected chi connectivity index (χ0v) is 11.7. The van der Waals surface area contributed by atoms with Crippen molar-refractivity contribution in [2.45, 2.75) is 12.8 Å². The lowest BCUT2D eigenvalue weighted by Crippen LogP contribution is -2.32. The molecule has 0 unspecified atom stereocenters. The van der Waals surface area contributed by atoms with Crippen molar-refractivity contribution in [2.24, 2.45) is 5.73 Å². The normalized spacial score (nSPS) is 17.3. The summed E-state index contributed by atoms with van der Waals surface area (Å²) in [7, 11) is 1.70. The van der Waals surface area contributed by atoms with Crippen LogP contribution in [-0.4, -0.2) is 56.3 Å². The van der Waals surface area contributed by atoms with Crippen molar-refractivity contribution in [1.82, 2.24) is 9.88 Å². The fourth-order valence-corrected chi connectivity index (χ4v) is 2.50. The third-order valence-electron chi connectivity index (χ3n) is 3.54. The van der Waals surface area contributed by atoms with Crippen LogP contribution in [0.5, 0.6) is 5.75 Å². The van der Waals surface area contributed by atoms with Gasteiger partial charge in [0.1, 0.15) is 0 Å². The van der Waals surface area contributed by atoms with E-state index in [1.54, 1.807) is 7.11 Å². The standard InChI is InChI=1S/C14H24N4O/c1-19-13-5-2-7-16-14(13)18-10-4-9-17(11-12-18)8-3-6-15/h2,5,7H,3-4,6,8-12,15H2,1H3. The Balaban J connectivity index is 1.98. The maximum Gasteiger partial charge on any atom is 0.171 e. The van der Waals surface area contributed by atoms with Crippen molar-refractivity contribution in [3.8, 4) is 5.75 Å². The number of rotatable bonds is 5. The van der Waals surface area contributed by atoms with Gasteiger partial charge in [-0.05, 0) is 44.6 Å². The van der Waals surface area contributed by atoms with Crippen molar-refractivity contribution >= 4 is 5.82 Å². The summed E-state index contributed by atoms with van der Waals surface area (Å²) in [4.78, 5) is 9.27. The number of nitrogens with zero attached hydrogens (tertiary/aromatic N) is 3. The molecule has 5 nitrogen and oxygen atoms in total. The van der Waals surface area contributed by atoms with Gasteiger partial charge in [0.15, 0.2) is 11.6 Å². The van der Waals surface area contributed by atoms with E-state index >= 15 is 0 Å².